The van der Waals surface area contributed by atoms with E-state index in [2.05, 4.69) is 15.6 Å². The van der Waals surface area contributed by atoms with Gasteiger partial charge in [0.05, 0.1) is 28.4 Å². The lowest BCUT2D eigenvalue weighted by Gasteiger charge is -2.28. The van der Waals surface area contributed by atoms with Crippen LogP contribution in [0.1, 0.15) is 23.5 Å². The molecule has 4 aromatic rings. The summed E-state index contributed by atoms with van der Waals surface area (Å²) in [6.45, 7) is 0.00878. The molecular weight excluding hydrogens is 476 g/mol. The molecule has 2 N–H and O–H groups in total. The van der Waals surface area contributed by atoms with Gasteiger partial charge in [-0.25, -0.2) is 0 Å². The number of carbonyl (C=O) groups is 1. The summed E-state index contributed by atoms with van der Waals surface area (Å²) in [6.07, 6.45) is 3.55. The van der Waals surface area contributed by atoms with Gasteiger partial charge in [-0.2, -0.15) is 0 Å². The van der Waals surface area contributed by atoms with E-state index >= 15 is 0 Å². The highest BCUT2D eigenvalue weighted by Crippen LogP contribution is 2.39. The Morgan fingerprint density at radius 1 is 1.06 bits per heavy atom. The summed E-state index contributed by atoms with van der Waals surface area (Å²) < 4.78 is 1.88. The third kappa shape index (κ3) is 4.66. The molecule has 1 aliphatic rings. The molecule has 0 spiro atoms. The number of hydrogen-bond donors (Lipinski definition) is 2. The first-order chi connectivity index (χ1) is 17.5. The lowest BCUT2D eigenvalue weighted by atomic mass is 10.0. The predicted molar refractivity (Wildman–Crippen MR) is 140 cm³/mol. The summed E-state index contributed by atoms with van der Waals surface area (Å²) in [5.74, 6) is -0.217. The van der Waals surface area contributed by atoms with Gasteiger partial charge in [-0.05, 0) is 54.7 Å². The molecule has 5 rings (SSSR count). The number of amides is 1. The van der Waals surface area contributed by atoms with E-state index in [1.165, 1.54) is 12.1 Å². The van der Waals surface area contributed by atoms with Crippen molar-refractivity contribution in [3.05, 3.63) is 119 Å². The van der Waals surface area contributed by atoms with E-state index in [1.807, 2.05) is 76.3 Å². The van der Waals surface area contributed by atoms with Crippen molar-refractivity contribution in [1.82, 2.24) is 19.8 Å². The average Bonchev–Trinajstić information content (AvgIpc) is 3.50. The van der Waals surface area contributed by atoms with Crippen molar-refractivity contribution in [1.29, 1.82) is 0 Å². The number of thiocarbonyl (C=S) groups is 1. The van der Waals surface area contributed by atoms with Crippen molar-refractivity contribution < 1.29 is 9.72 Å². The summed E-state index contributed by atoms with van der Waals surface area (Å²) in [5.41, 5.74) is 2.90. The molecule has 2 aromatic carbocycles. The SMILES string of the molecule is O=C(CN1C(=S)N[C@H](c2ccccn2)[C@@H]1c1cccn1-c1cccc([N+](=O)[O-])c1)Nc1ccccc1. The monoisotopic (exact) mass is 498 g/mol. The highest BCUT2D eigenvalue weighted by molar-refractivity contribution is 7.80. The van der Waals surface area contributed by atoms with Crippen LogP contribution in [0.4, 0.5) is 11.4 Å². The van der Waals surface area contributed by atoms with E-state index < -0.39 is 11.0 Å². The molecule has 10 heteroatoms. The largest absolute Gasteiger partial charge is 0.352 e. The predicted octanol–water partition coefficient (Wildman–Crippen LogP) is 4.39. The molecule has 2 atom stereocenters. The van der Waals surface area contributed by atoms with Crippen LogP contribution in [0, 0.1) is 10.1 Å². The Morgan fingerprint density at radius 2 is 1.86 bits per heavy atom. The zero-order valence-electron chi connectivity index (χ0n) is 19.0. The topological polar surface area (TPSA) is 105 Å². The summed E-state index contributed by atoms with van der Waals surface area (Å²) in [5, 5.41) is 18.0. The van der Waals surface area contributed by atoms with Crippen LogP contribution in [0.25, 0.3) is 5.69 Å². The Kier molecular flexibility index (Phi) is 6.42. The van der Waals surface area contributed by atoms with E-state index in [4.69, 9.17) is 12.2 Å². The maximum atomic E-state index is 13.0. The second kappa shape index (κ2) is 9.96. The number of hydrogen-bond acceptors (Lipinski definition) is 5. The van der Waals surface area contributed by atoms with Gasteiger partial charge in [0.2, 0.25) is 5.91 Å². The highest BCUT2D eigenvalue weighted by atomic mass is 32.1. The maximum absolute atomic E-state index is 13.0. The molecular formula is C26H22N6O3S. The van der Waals surface area contributed by atoms with Crippen molar-refractivity contribution in [3.63, 3.8) is 0 Å². The van der Waals surface area contributed by atoms with E-state index in [9.17, 15) is 14.9 Å². The minimum Gasteiger partial charge on any atom is -0.352 e. The van der Waals surface area contributed by atoms with Crippen LogP contribution in [0.3, 0.4) is 0 Å². The number of rotatable bonds is 7. The number of aromatic nitrogens is 2. The second-order valence-corrected chi connectivity index (χ2v) is 8.64. The molecule has 0 bridgehead atoms. The zero-order chi connectivity index (χ0) is 25.1. The molecule has 0 radical (unpaired) electrons. The van der Waals surface area contributed by atoms with Gasteiger partial charge in [-0.3, -0.25) is 19.9 Å². The van der Waals surface area contributed by atoms with Crippen molar-refractivity contribution in [2.45, 2.75) is 12.1 Å². The van der Waals surface area contributed by atoms with Gasteiger partial charge in [-0.15, -0.1) is 0 Å². The molecule has 1 aliphatic heterocycles. The lowest BCUT2D eigenvalue weighted by Crippen LogP contribution is -2.37. The number of para-hydroxylation sites is 1. The number of nitro benzene ring substituents is 1. The molecule has 1 amide bonds. The van der Waals surface area contributed by atoms with Crippen LogP contribution < -0.4 is 10.6 Å². The minimum atomic E-state index is -0.421. The number of carbonyl (C=O) groups excluding carboxylic acids is 1. The molecule has 2 aromatic heterocycles. The Morgan fingerprint density at radius 3 is 2.61 bits per heavy atom. The number of benzene rings is 2. The molecule has 36 heavy (non-hydrogen) atoms. The number of pyridine rings is 1. The van der Waals surface area contributed by atoms with Crippen LogP contribution in [-0.4, -0.2) is 36.9 Å². The zero-order valence-corrected chi connectivity index (χ0v) is 19.8. The quantitative estimate of drug-likeness (QED) is 0.221. The normalized spacial score (nSPS) is 17.0. The standard InChI is InChI=1S/C26H22N6O3S/c33-23(28-18-8-2-1-3-9-18)17-31-25(24(29-26(31)36)21-12-4-5-14-27-21)22-13-7-15-30(22)19-10-6-11-20(16-19)32(34)35/h1-16,24-25H,17H2,(H,28,33)(H,29,36)/t24-,25+/m1/s1. The minimum absolute atomic E-state index is 0.00686. The van der Waals surface area contributed by atoms with E-state index in [-0.39, 0.29) is 24.2 Å². The van der Waals surface area contributed by atoms with Crippen molar-refractivity contribution >= 4 is 34.6 Å². The van der Waals surface area contributed by atoms with Crippen LogP contribution in [0.2, 0.25) is 0 Å². The van der Waals surface area contributed by atoms with Gasteiger partial charge in [0, 0.05) is 35.9 Å². The fraction of sp³-hybridized carbons (Fsp3) is 0.115. The third-order valence-electron chi connectivity index (χ3n) is 5.97. The number of nitrogens with zero attached hydrogens (tertiary/aromatic N) is 4. The van der Waals surface area contributed by atoms with Crippen LogP contribution in [-0.2, 0) is 4.79 Å². The Bertz CT molecular complexity index is 1410. The molecule has 180 valence electrons. The average molecular weight is 499 g/mol. The van der Waals surface area contributed by atoms with E-state index in [1.54, 1.807) is 18.3 Å². The molecule has 3 heterocycles. The molecule has 9 nitrogen and oxygen atoms in total. The molecule has 0 aliphatic carbocycles. The van der Waals surface area contributed by atoms with Gasteiger partial charge in [0.25, 0.3) is 5.69 Å². The summed E-state index contributed by atoms with van der Waals surface area (Å²) in [6, 6.07) is 24.3. The first kappa shape index (κ1) is 23.2. The van der Waals surface area contributed by atoms with Gasteiger partial charge >= 0.3 is 0 Å². The summed E-state index contributed by atoms with van der Waals surface area (Å²) in [4.78, 5) is 30.3. The number of nitro groups is 1. The van der Waals surface area contributed by atoms with Crippen molar-refractivity contribution in [2.75, 3.05) is 11.9 Å². The molecule has 0 saturated carbocycles. The summed E-state index contributed by atoms with van der Waals surface area (Å²) >= 11 is 5.68. The number of non-ortho nitro benzene ring substituents is 1. The van der Waals surface area contributed by atoms with Crippen LogP contribution in [0.15, 0.2) is 97.3 Å². The van der Waals surface area contributed by atoms with Crippen LogP contribution in [0.5, 0.6) is 0 Å². The lowest BCUT2D eigenvalue weighted by molar-refractivity contribution is -0.384. The fourth-order valence-electron chi connectivity index (χ4n) is 4.40. The Labute approximate surface area is 212 Å². The van der Waals surface area contributed by atoms with E-state index in [0.717, 1.165) is 11.4 Å². The molecule has 0 unspecified atom stereocenters. The maximum Gasteiger partial charge on any atom is 0.271 e. The number of anilines is 1. The van der Waals surface area contributed by atoms with Crippen molar-refractivity contribution in [3.8, 4) is 5.69 Å². The first-order valence-corrected chi connectivity index (χ1v) is 11.7. The van der Waals surface area contributed by atoms with Crippen molar-refractivity contribution in [2.24, 2.45) is 0 Å². The van der Waals surface area contributed by atoms with Gasteiger partial charge in [0.15, 0.2) is 5.11 Å². The summed E-state index contributed by atoms with van der Waals surface area (Å²) in [7, 11) is 0. The van der Waals surface area contributed by atoms with Gasteiger partial charge in [-0.1, -0.05) is 30.3 Å². The fourth-order valence-corrected chi connectivity index (χ4v) is 4.71. The van der Waals surface area contributed by atoms with Crippen LogP contribution >= 0.6 is 12.2 Å². The van der Waals surface area contributed by atoms with Gasteiger partial charge in [0.1, 0.15) is 6.54 Å². The number of nitrogens with one attached hydrogen (secondary N) is 2. The van der Waals surface area contributed by atoms with E-state index in [0.29, 0.717) is 16.5 Å². The Hall–Kier alpha value is -4.57. The second-order valence-electron chi connectivity index (χ2n) is 8.25. The third-order valence-corrected chi connectivity index (χ3v) is 6.32. The smallest absolute Gasteiger partial charge is 0.271 e. The Balaban J connectivity index is 1.53. The molecule has 1 fully saturated rings. The highest BCUT2D eigenvalue weighted by Gasteiger charge is 2.42. The van der Waals surface area contributed by atoms with Gasteiger partial charge < -0.3 is 20.1 Å². The molecule has 1 saturated heterocycles. The first-order valence-electron chi connectivity index (χ1n) is 11.3.